The molecule has 1 heterocycles. The molecule has 5 nitrogen and oxygen atoms in total. The van der Waals surface area contributed by atoms with Crippen LogP contribution in [0.25, 0.3) is 0 Å². The summed E-state index contributed by atoms with van der Waals surface area (Å²) in [5.74, 6) is 0. The molecule has 1 aromatic rings. The van der Waals surface area contributed by atoms with Crippen molar-refractivity contribution in [3.63, 3.8) is 0 Å². The van der Waals surface area contributed by atoms with Crippen molar-refractivity contribution in [2.75, 3.05) is 20.3 Å². The minimum Gasteiger partial charge on any atom is -0.394 e. The van der Waals surface area contributed by atoms with Crippen molar-refractivity contribution in [2.24, 2.45) is 5.73 Å². The maximum absolute atomic E-state index is 9.02. The topological polar surface area (TPSA) is 73.3 Å². The van der Waals surface area contributed by atoms with Crippen LogP contribution in [0.1, 0.15) is 31.1 Å². The van der Waals surface area contributed by atoms with Gasteiger partial charge in [0.15, 0.2) is 0 Å². The average molecular weight is 213 g/mol. The Bertz CT molecular complexity index is 288. The summed E-state index contributed by atoms with van der Waals surface area (Å²) in [4.78, 5) is 4.06. The van der Waals surface area contributed by atoms with Gasteiger partial charge in [-0.05, 0) is 6.42 Å². The number of methoxy groups -OCH3 is 1. The zero-order chi connectivity index (χ0) is 11.3. The van der Waals surface area contributed by atoms with Gasteiger partial charge in [-0.25, -0.2) is 4.98 Å². The highest BCUT2D eigenvalue weighted by atomic mass is 16.5. The Hall–Kier alpha value is -0.910. The second-order valence-electron chi connectivity index (χ2n) is 3.53. The number of hydrogen-bond acceptors (Lipinski definition) is 4. The number of aromatic nitrogens is 2. The van der Waals surface area contributed by atoms with Crippen LogP contribution in [-0.2, 0) is 4.74 Å². The van der Waals surface area contributed by atoms with Crippen LogP contribution in [0, 0.1) is 0 Å². The Labute approximate surface area is 89.9 Å². The molecule has 0 spiro atoms. The lowest BCUT2D eigenvalue weighted by Gasteiger charge is -2.20. The van der Waals surface area contributed by atoms with Gasteiger partial charge in [0.25, 0.3) is 0 Å². The molecule has 0 aromatic carbocycles. The number of imidazole rings is 1. The molecule has 3 N–H and O–H groups in total. The molecule has 2 atom stereocenters. The summed E-state index contributed by atoms with van der Waals surface area (Å²) in [7, 11) is 1.67. The number of ether oxygens (including phenoxy) is 1. The molecule has 5 heteroatoms. The molecule has 0 bridgehead atoms. The zero-order valence-corrected chi connectivity index (χ0v) is 9.26. The number of hydrogen-bond donors (Lipinski definition) is 2. The molecule has 0 fully saturated rings. The first-order chi connectivity index (χ1) is 7.24. The van der Waals surface area contributed by atoms with E-state index in [1.54, 1.807) is 19.6 Å². The van der Waals surface area contributed by atoms with Gasteiger partial charge in [-0.2, -0.15) is 0 Å². The highest BCUT2D eigenvalue weighted by Gasteiger charge is 2.16. The fraction of sp³-hybridized carbons (Fsp3) is 0.700. The van der Waals surface area contributed by atoms with Gasteiger partial charge in [0.1, 0.15) is 0 Å². The summed E-state index contributed by atoms with van der Waals surface area (Å²) in [5, 5.41) is 9.02. The molecule has 0 saturated carbocycles. The van der Waals surface area contributed by atoms with Gasteiger partial charge in [0, 0.05) is 13.3 Å². The van der Waals surface area contributed by atoms with Crippen molar-refractivity contribution < 1.29 is 9.84 Å². The molecule has 0 aliphatic carbocycles. The minimum atomic E-state index is -0.376. The molecular weight excluding hydrogens is 194 g/mol. The number of aliphatic hydroxyl groups excluding tert-OH is 1. The molecule has 1 aromatic heterocycles. The largest absolute Gasteiger partial charge is 0.394 e. The molecule has 0 aliphatic heterocycles. The van der Waals surface area contributed by atoms with Crippen LogP contribution < -0.4 is 5.73 Å². The monoisotopic (exact) mass is 213 g/mol. The third-order valence-corrected chi connectivity index (χ3v) is 2.50. The fourth-order valence-corrected chi connectivity index (χ4v) is 1.59. The molecule has 0 aliphatic rings. The SMILES string of the molecule is CCC(COC)n1cncc1C(N)CO. The molecule has 2 unspecified atom stereocenters. The standard InChI is InChI=1S/C10H19N3O2/c1-3-8(6-15-2)13-7-12-4-10(13)9(11)5-14/h4,7-9,14H,3,5-6,11H2,1-2H3. The normalized spacial score (nSPS) is 15.2. The summed E-state index contributed by atoms with van der Waals surface area (Å²) < 4.78 is 7.11. The summed E-state index contributed by atoms with van der Waals surface area (Å²) in [6, 6.07) is -0.150. The molecule has 0 radical (unpaired) electrons. The van der Waals surface area contributed by atoms with E-state index >= 15 is 0 Å². The fourth-order valence-electron chi connectivity index (χ4n) is 1.59. The molecule has 0 saturated heterocycles. The molecule has 0 amide bonds. The van der Waals surface area contributed by atoms with E-state index in [0.29, 0.717) is 6.61 Å². The van der Waals surface area contributed by atoms with Gasteiger partial charge in [0.2, 0.25) is 0 Å². The average Bonchev–Trinajstić information content (AvgIpc) is 2.73. The molecule has 86 valence electrons. The number of nitrogens with two attached hydrogens (primary N) is 1. The third kappa shape index (κ3) is 2.77. The lowest BCUT2D eigenvalue weighted by Crippen LogP contribution is -2.22. The second-order valence-corrected chi connectivity index (χ2v) is 3.53. The maximum Gasteiger partial charge on any atom is 0.0952 e. The van der Waals surface area contributed by atoms with Crippen LogP contribution in [-0.4, -0.2) is 35.0 Å². The second kappa shape index (κ2) is 5.85. The van der Waals surface area contributed by atoms with Gasteiger partial charge >= 0.3 is 0 Å². The lowest BCUT2D eigenvalue weighted by atomic mass is 10.2. The summed E-state index contributed by atoms with van der Waals surface area (Å²) in [5.41, 5.74) is 6.63. The summed E-state index contributed by atoms with van der Waals surface area (Å²) >= 11 is 0. The smallest absolute Gasteiger partial charge is 0.0952 e. The van der Waals surface area contributed by atoms with Crippen LogP contribution in [0.4, 0.5) is 0 Å². The highest BCUT2D eigenvalue weighted by molar-refractivity contribution is 5.06. The van der Waals surface area contributed by atoms with Crippen molar-refractivity contribution in [3.8, 4) is 0 Å². The van der Waals surface area contributed by atoms with E-state index in [1.807, 2.05) is 4.57 Å². The van der Waals surface area contributed by atoms with Crippen LogP contribution in [0.5, 0.6) is 0 Å². The van der Waals surface area contributed by atoms with Gasteiger partial charge in [-0.1, -0.05) is 6.92 Å². The quantitative estimate of drug-likeness (QED) is 0.720. The van der Waals surface area contributed by atoms with Gasteiger partial charge in [0.05, 0.1) is 37.3 Å². The van der Waals surface area contributed by atoms with Crippen molar-refractivity contribution in [3.05, 3.63) is 18.2 Å². The van der Waals surface area contributed by atoms with E-state index in [4.69, 9.17) is 15.6 Å². The molecular formula is C10H19N3O2. The number of aliphatic hydroxyl groups is 1. The Balaban J connectivity index is 2.86. The van der Waals surface area contributed by atoms with E-state index in [0.717, 1.165) is 12.1 Å². The Kier molecular flexibility index (Phi) is 4.74. The maximum atomic E-state index is 9.02. The van der Waals surface area contributed by atoms with Gasteiger partial charge in [-0.15, -0.1) is 0 Å². The van der Waals surface area contributed by atoms with Crippen molar-refractivity contribution in [1.29, 1.82) is 0 Å². The van der Waals surface area contributed by atoms with Crippen molar-refractivity contribution in [1.82, 2.24) is 9.55 Å². The molecule has 15 heavy (non-hydrogen) atoms. The van der Waals surface area contributed by atoms with Crippen LogP contribution >= 0.6 is 0 Å². The first kappa shape index (κ1) is 12.2. The lowest BCUT2D eigenvalue weighted by molar-refractivity contribution is 0.150. The Morgan fingerprint density at radius 2 is 2.40 bits per heavy atom. The van der Waals surface area contributed by atoms with Crippen molar-refractivity contribution in [2.45, 2.75) is 25.4 Å². The van der Waals surface area contributed by atoms with Gasteiger partial charge < -0.3 is 20.1 Å². The summed E-state index contributed by atoms with van der Waals surface area (Å²) in [6.07, 6.45) is 4.37. The van der Waals surface area contributed by atoms with E-state index < -0.39 is 0 Å². The first-order valence-corrected chi connectivity index (χ1v) is 5.11. The van der Waals surface area contributed by atoms with Crippen LogP contribution in [0.3, 0.4) is 0 Å². The van der Waals surface area contributed by atoms with Crippen molar-refractivity contribution >= 4 is 0 Å². The van der Waals surface area contributed by atoms with Gasteiger partial charge in [-0.3, -0.25) is 0 Å². The zero-order valence-electron chi connectivity index (χ0n) is 9.26. The minimum absolute atomic E-state index is 0.0743. The van der Waals surface area contributed by atoms with E-state index in [2.05, 4.69) is 11.9 Å². The Morgan fingerprint density at radius 1 is 1.67 bits per heavy atom. The van der Waals surface area contributed by atoms with E-state index in [-0.39, 0.29) is 18.7 Å². The number of nitrogens with zero attached hydrogens (tertiary/aromatic N) is 2. The van der Waals surface area contributed by atoms with Crippen LogP contribution in [0.2, 0.25) is 0 Å². The Morgan fingerprint density at radius 3 is 2.93 bits per heavy atom. The van der Waals surface area contributed by atoms with E-state index in [9.17, 15) is 0 Å². The predicted octanol–water partition coefficient (Wildman–Crippen LogP) is 0.473. The van der Waals surface area contributed by atoms with Crippen LogP contribution in [0.15, 0.2) is 12.5 Å². The third-order valence-electron chi connectivity index (χ3n) is 2.50. The summed E-state index contributed by atoms with van der Waals surface area (Å²) in [6.45, 7) is 2.63. The predicted molar refractivity (Wildman–Crippen MR) is 57.4 cm³/mol. The first-order valence-electron chi connectivity index (χ1n) is 5.11. The number of rotatable bonds is 6. The van der Waals surface area contributed by atoms with E-state index in [1.165, 1.54) is 0 Å². The highest BCUT2D eigenvalue weighted by Crippen LogP contribution is 2.18. The molecule has 1 rings (SSSR count).